The molecule has 1 rings (SSSR count). The van der Waals surface area contributed by atoms with E-state index in [4.69, 9.17) is 5.73 Å². The van der Waals surface area contributed by atoms with Gasteiger partial charge in [-0.15, -0.1) is 0 Å². The lowest BCUT2D eigenvalue weighted by atomic mass is 10.0. The Morgan fingerprint density at radius 2 is 2.00 bits per heavy atom. The van der Waals surface area contributed by atoms with Crippen LogP contribution in [0.2, 0.25) is 0 Å². The minimum Gasteiger partial charge on any atom is -0.356 e. The number of carbonyl (C=O) groups is 1. The van der Waals surface area contributed by atoms with Crippen LogP contribution in [0.15, 0.2) is 24.3 Å². The van der Waals surface area contributed by atoms with Crippen LogP contribution in [0.25, 0.3) is 0 Å². The molecule has 0 saturated carbocycles. The number of aryl methyl sites for hydroxylation is 1. The SMILES string of the molecule is Cc1ccccc1CCNC(=O)CC(N)C(C)C. The molecule has 1 aromatic carbocycles. The van der Waals surface area contributed by atoms with Crippen molar-refractivity contribution in [3.63, 3.8) is 0 Å². The van der Waals surface area contributed by atoms with E-state index in [0.717, 1.165) is 6.42 Å². The van der Waals surface area contributed by atoms with Gasteiger partial charge in [0.15, 0.2) is 0 Å². The lowest BCUT2D eigenvalue weighted by molar-refractivity contribution is -0.121. The van der Waals surface area contributed by atoms with Crippen molar-refractivity contribution in [3.05, 3.63) is 35.4 Å². The molecule has 1 unspecified atom stereocenters. The van der Waals surface area contributed by atoms with E-state index in [1.807, 2.05) is 26.0 Å². The first kappa shape index (κ1) is 14.7. The van der Waals surface area contributed by atoms with Crippen LogP contribution in [0.5, 0.6) is 0 Å². The summed E-state index contributed by atoms with van der Waals surface area (Å²) in [7, 11) is 0. The zero-order valence-electron chi connectivity index (χ0n) is 11.6. The average Bonchev–Trinajstić information content (AvgIpc) is 2.31. The van der Waals surface area contributed by atoms with Crippen molar-refractivity contribution in [2.45, 2.75) is 39.7 Å². The van der Waals surface area contributed by atoms with E-state index < -0.39 is 0 Å². The number of benzene rings is 1. The molecule has 0 aromatic heterocycles. The van der Waals surface area contributed by atoms with Gasteiger partial charge in [-0.3, -0.25) is 4.79 Å². The Bertz CT molecular complexity index is 388. The van der Waals surface area contributed by atoms with E-state index in [9.17, 15) is 4.79 Å². The Morgan fingerprint density at radius 1 is 1.33 bits per heavy atom. The molecule has 0 aliphatic rings. The minimum absolute atomic E-state index is 0.0461. The Hall–Kier alpha value is -1.35. The highest BCUT2D eigenvalue weighted by Gasteiger charge is 2.12. The van der Waals surface area contributed by atoms with Crippen LogP contribution in [-0.2, 0) is 11.2 Å². The zero-order valence-corrected chi connectivity index (χ0v) is 11.6. The van der Waals surface area contributed by atoms with Gasteiger partial charge < -0.3 is 11.1 Å². The first-order valence-corrected chi connectivity index (χ1v) is 6.57. The van der Waals surface area contributed by atoms with Crippen LogP contribution >= 0.6 is 0 Å². The third-order valence-electron chi connectivity index (χ3n) is 3.26. The molecule has 0 bridgehead atoms. The van der Waals surface area contributed by atoms with Gasteiger partial charge in [0.05, 0.1) is 0 Å². The quantitative estimate of drug-likeness (QED) is 0.809. The zero-order chi connectivity index (χ0) is 13.5. The van der Waals surface area contributed by atoms with Crippen molar-refractivity contribution >= 4 is 5.91 Å². The Morgan fingerprint density at radius 3 is 2.61 bits per heavy atom. The van der Waals surface area contributed by atoms with Crippen LogP contribution in [0, 0.1) is 12.8 Å². The van der Waals surface area contributed by atoms with E-state index in [2.05, 4.69) is 24.4 Å². The van der Waals surface area contributed by atoms with Gasteiger partial charge in [-0.05, 0) is 30.4 Å². The summed E-state index contributed by atoms with van der Waals surface area (Å²) in [5, 5.41) is 2.93. The molecule has 0 saturated heterocycles. The van der Waals surface area contributed by atoms with Crippen LogP contribution < -0.4 is 11.1 Å². The molecular weight excluding hydrogens is 224 g/mol. The summed E-state index contributed by atoms with van der Waals surface area (Å²) in [4.78, 5) is 11.6. The van der Waals surface area contributed by atoms with Crippen LogP contribution in [0.3, 0.4) is 0 Å². The molecule has 3 nitrogen and oxygen atoms in total. The summed E-state index contributed by atoms with van der Waals surface area (Å²) in [6.07, 6.45) is 1.28. The van der Waals surface area contributed by atoms with Crippen molar-refractivity contribution in [1.29, 1.82) is 0 Å². The molecule has 0 radical (unpaired) electrons. The molecule has 0 heterocycles. The van der Waals surface area contributed by atoms with E-state index >= 15 is 0 Å². The van der Waals surface area contributed by atoms with E-state index in [1.165, 1.54) is 11.1 Å². The molecule has 0 fully saturated rings. The van der Waals surface area contributed by atoms with Crippen LogP contribution in [0.1, 0.15) is 31.4 Å². The number of carbonyl (C=O) groups excluding carboxylic acids is 1. The first-order chi connectivity index (χ1) is 8.50. The number of hydrogen-bond donors (Lipinski definition) is 2. The van der Waals surface area contributed by atoms with Gasteiger partial charge in [-0.2, -0.15) is 0 Å². The van der Waals surface area contributed by atoms with Gasteiger partial charge in [-0.1, -0.05) is 38.1 Å². The van der Waals surface area contributed by atoms with Crippen molar-refractivity contribution in [1.82, 2.24) is 5.32 Å². The van der Waals surface area contributed by atoms with Gasteiger partial charge in [-0.25, -0.2) is 0 Å². The fourth-order valence-electron chi connectivity index (χ4n) is 1.75. The molecule has 100 valence electrons. The predicted molar refractivity (Wildman–Crippen MR) is 75.3 cm³/mol. The lowest BCUT2D eigenvalue weighted by Crippen LogP contribution is -2.35. The predicted octanol–water partition coefficient (Wildman–Crippen LogP) is 2.03. The molecular formula is C15H24N2O. The van der Waals surface area contributed by atoms with Gasteiger partial charge in [0.1, 0.15) is 0 Å². The second-order valence-corrected chi connectivity index (χ2v) is 5.14. The highest BCUT2D eigenvalue weighted by Crippen LogP contribution is 2.07. The Labute approximate surface area is 110 Å². The number of hydrogen-bond acceptors (Lipinski definition) is 2. The number of rotatable bonds is 6. The molecule has 3 heteroatoms. The fraction of sp³-hybridized carbons (Fsp3) is 0.533. The molecule has 18 heavy (non-hydrogen) atoms. The first-order valence-electron chi connectivity index (χ1n) is 6.57. The van der Waals surface area contributed by atoms with Gasteiger partial charge in [0.25, 0.3) is 0 Å². The Balaban J connectivity index is 2.30. The number of nitrogens with two attached hydrogens (primary N) is 1. The standard InChI is InChI=1S/C15H24N2O/c1-11(2)14(16)10-15(18)17-9-8-13-7-5-4-6-12(13)3/h4-7,11,14H,8-10,16H2,1-3H3,(H,17,18). The summed E-state index contributed by atoms with van der Waals surface area (Å²) >= 11 is 0. The summed E-state index contributed by atoms with van der Waals surface area (Å²) in [6.45, 7) is 6.83. The molecule has 1 atom stereocenters. The topological polar surface area (TPSA) is 55.1 Å². The van der Waals surface area contributed by atoms with Crippen LogP contribution in [-0.4, -0.2) is 18.5 Å². The van der Waals surface area contributed by atoms with E-state index in [-0.39, 0.29) is 11.9 Å². The number of nitrogens with one attached hydrogen (secondary N) is 1. The van der Waals surface area contributed by atoms with Crippen molar-refractivity contribution in [3.8, 4) is 0 Å². The van der Waals surface area contributed by atoms with Crippen molar-refractivity contribution in [2.75, 3.05) is 6.54 Å². The average molecular weight is 248 g/mol. The molecule has 0 aliphatic heterocycles. The lowest BCUT2D eigenvalue weighted by Gasteiger charge is -2.15. The maximum absolute atomic E-state index is 11.6. The smallest absolute Gasteiger partial charge is 0.221 e. The van der Waals surface area contributed by atoms with Gasteiger partial charge in [0, 0.05) is 19.0 Å². The summed E-state index contributed by atoms with van der Waals surface area (Å²) < 4.78 is 0. The highest BCUT2D eigenvalue weighted by atomic mass is 16.1. The summed E-state index contributed by atoms with van der Waals surface area (Å²) in [5.41, 5.74) is 8.42. The minimum atomic E-state index is -0.0524. The Kier molecular flexibility index (Phi) is 5.86. The third kappa shape index (κ3) is 4.88. The maximum Gasteiger partial charge on any atom is 0.221 e. The third-order valence-corrected chi connectivity index (χ3v) is 3.26. The van der Waals surface area contributed by atoms with E-state index in [1.54, 1.807) is 0 Å². The monoisotopic (exact) mass is 248 g/mol. The molecule has 3 N–H and O–H groups in total. The van der Waals surface area contributed by atoms with Crippen LogP contribution in [0.4, 0.5) is 0 Å². The highest BCUT2D eigenvalue weighted by molar-refractivity contribution is 5.76. The van der Waals surface area contributed by atoms with Crippen molar-refractivity contribution in [2.24, 2.45) is 11.7 Å². The normalized spacial score (nSPS) is 12.5. The molecule has 1 amide bonds. The summed E-state index contributed by atoms with van der Waals surface area (Å²) in [5.74, 6) is 0.386. The maximum atomic E-state index is 11.6. The van der Waals surface area contributed by atoms with Gasteiger partial charge in [0.2, 0.25) is 5.91 Å². The second kappa shape index (κ2) is 7.17. The van der Waals surface area contributed by atoms with Gasteiger partial charge >= 0.3 is 0 Å². The molecule has 0 aliphatic carbocycles. The largest absolute Gasteiger partial charge is 0.356 e. The number of amides is 1. The second-order valence-electron chi connectivity index (χ2n) is 5.14. The molecule has 0 spiro atoms. The summed E-state index contributed by atoms with van der Waals surface area (Å²) in [6, 6.07) is 8.19. The van der Waals surface area contributed by atoms with E-state index in [0.29, 0.717) is 18.9 Å². The molecule has 1 aromatic rings. The van der Waals surface area contributed by atoms with Crippen molar-refractivity contribution < 1.29 is 4.79 Å². The fourth-order valence-corrected chi connectivity index (χ4v) is 1.75.